The monoisotopic (exact) mass is 421 g/mol. The highest BCUT2D eigenvalue weighted by Crippen LogP contribution is 2.25. The van der Waals surface area contributed by atoms with E-state index in [1.54, 1.807) is 0 Å². The lowest BCUT2D eigenvalue weighted by molar-refractivity contribution is -0.145. The Morgan fingerprint density at radius 2 is 1.71 bits per heavy atom. The van der Waals surface area contributed by atoms with Crippen LogP contribution in [0.5, 0.6) is 0 Å². The Kier molecular flexibility index (Phi) is 7.88. The van der Waals surface area contributed by atoms with E-state index in [2.05, 4.69) is 31.7 Å². The van der Waals surface area contributed by atoms with Crippen molar-refractivity contribution in [1.29, 1.82) is 0 Å². The minimum Gasteiger partial charge on any atom is -0.461 e. The van der Waals surface area contributed by atoms with Gasteiger partial charge in [-0.2, -0.15) is 0 Å². The van der Waals surface area contributed by atoms with Crippen LogP contribution in [0.3, 0.4) is 0 Å². The molecule has 5 heteroatoms. The Balaban J connectivity index is 1.74. The van der Waals surface area contributed by atoms with Crippen LogP contribution in [0.2, 0.25) is 0 Å². The van der Waals surface area contributed by atoms with Crippen LogP contribution in [0.25, 0.3) is 22.1 Å². The third-order valence-corrected chi connectivity index (χ3v) is 5.50. The predicted molar refractivity (Wildman–Crippen MR) is 125 cm³/mol. The summed E-state index contributed by atoms with van der Waals surface area (Å²) in [6.45, 7) is 8.34. The third kappa shape index (κ3) is 5.75. The molecule has 0 spiro atoms. The summed E-state index contributed by atoms with van der Waals surface area (Å²) in [5.41, 5.74) is 3.46. The molecular weight excluding hydrogens is 390 g/mol. The van der Waals surface area contributed by atoms with E-state index in [1.165, 1.54) is 0 Å². The molecule has 0 atom stereocenters. The summed E-state index contributed by atoms with van der Waals surface area (Å²) in [6.07, 6.45) is 3.44. The molecule has 1 aromatic heterocycles. The maximum atomic E-state index is 12.6. The Labute approximate surface area is 183 Å². The summed E-state index contributed by atoms with van der Waals surface area (Å²) >= 11 is 0. The minimum absolute atomic E-state index is 0.170. The SMILES string of the molecule is CCCCCC(=O)OCc1ccc(-c2cc3ccc(N(CC)CC)cc3oc2=O)cc1. The van der Waals surface area contributed by atoms with Gasteiger partial charge in [0.1, 0.15) is 12.2 Å². The molecule has 0 saturated carbocycles. The van der Waals surface area contributed by atoms with E-state index in [0.29, 0.717) is 17.6 Å². The molecule has 0 saturated heterocycles. The zero-order chi connectivity index (χ0) is 22.2. The summed E-state index contributed by atoms with van der Waals surface area (Å²) in [5.74, 6) is -0.170. The van der Waals surface area contributed by atoms with Crippen LogP contribution < -0.4 is 10.5 Å². The zero-order valence-electron chi connectivity index (χ0n) is 18.6. The summed E-state index contributed by atoms with van der Waals surface area (Å²) in [5, 5.41) is 0.885. The number of fused-ring (bicyclic) bond motifs is 1. The van der Waals surface area contributed by atoms with Crippen molar-refractivity contribution in [2.45, 2.75) is 53.1 Å². The van der Waals surface area contributed by atoms with Crippen molar-refractivity contribution < 1.29 is 13.9 Å². The van der Waals surface area contributed by atoms with Crippen LogP contribution >= 0.6 is 0 Å². The Bertz CT molecular complexity index is 1060. The molecular formula is C26H31NO4. The molecule has 3 aromatic rings. The molecule has 0 fully saturated rings. The van der Waals surface area contributed by atoms with Gasteiger partial charge in [-0.3, -0.25) is 4.79 Å². The third-order valence-electron chi connectivity index (χ3n) is 5.50. The van der Waals surface area contributed by atoms with Gasteiger partial charge in [-0.15, -0.1) is 0 Å². The molecule has 164 valence electrons. The number of carbonyl (C=O) groups excluding carboxylic acids is 1. The Hall–Kier alpha value is -3.08. The minimum atomic E-state index is -0.362. The van der Waals surface area contributed by atoms with E-state index in [4.69, 9.17) is 9.15 Å². The van der Waals surface area contributed by atoms with Crippen LogP contribution in [-0.4, -0.2) is 19.1 Å². The lowest BCUT2D eigenvalue weighted by Gasteiger charge is -2.21. The molecule has 0 radical (unpaired) electrons. The van der Waals surface area contributed by atoms with E-state index < -0.39 is 0 Å². The zero-order valence-corrected chi connectivity index (χ0v) is 18.6. The van der Waals surface area contributed by atoms with Gasteiger partial charge in [0, 0.05) is 36.7 Å². The molecule has 0 aliphatic rings. The van der Waals surface area contributed by atoms with Gasteiger partial charge in [-0.1, -0.05) is 44.0 Å². The number of carbonyl (C=O) groups is 1. The van der Waals surface area contributed by atoms with Gasteiger partial charge in [-0.25, -0.2) is 4.79 Å². The average molecular weight is 422 g/mol. The molecule has 2 aromatic carbocycles. The van der Waals surface area contributed by atoms with E-state index in [9.17, 15) is 9.59 Å². The number of anilines is 1. The van der Waals surface area contributed by atoms with Crippen molar-refractivity contribution >= 4 is 22.6 Å². The van der Waals surface area contributed by atoms with Gasteiger partial charge in [0.2, 0.25) is 0 Å². The molecule has 0 unspecified atom stereocenters. The summed E-state index contributed by atoms with van der Waals surface area (Å²) in [6, 6.07) is 15.3. The lowest BCUT2D eigenvalue weighted by atomic mass is 10.0. The molecule has 3 rings (SSSR count). The number of nitrogens with zero attached hydrogens (tertiary/aromatic N) is 1. The number of esters is 1. The Morgan fingerprint density at radius 1 is 0.968 bits per heavy atom. The molecule has 5 nitrogen and oxygen atoms in total. The topological polar surface area (TPSA) is 59.8 Å². The van der Waals surface area contributed by atoms with Gasteiger partial charge >= 0.3 is 11.6 Å². The predicted octanol–water partition coefficient (Wildman–Crippen LogP) is 5.93. The van der Waals surface area contributed by atoms with E-state index in [0.717, 1.165) is 54.6 Å². The van der Waals surface area contributed by atoms with Crippen molar-refractivity contribution in [3.63, 3.8) is 0 Å². The second-order valence-corrected chi connectivity index (χ2v) is 7.66. The van der Waals surface area contributed by atoms with Gasteiger partial charge in [-0.05, 0) is 49.6 Å². The summed E-state index contributed by atoms with van der Waals surface area (Å²) < 4.78 is 11.0. The van der Waals surface area contributed by atoms with Crippen molar-refractivity contribution in [1.82, 2.24) is 0 Å². The van der Waals surface area contributed by atoms with Crippen LogP contribution in [-0.2, 0) is 16.1 Å². The smallest absolute Gasteiger partial charge is 0.344 e. The van der Waals surface area contributed by atoms with Crippen molar-refractivity contribution in [3.05, 3.63) is 64.5 Å². The van der Waals surface area contributed by atoms with Gasteiger partial charge < -0.3 is 14.1 Å². The largest absolute Gasteiger partial charge is 0.461 e. The van der Waals surface area contributed by atoms with Gasteiger partial charge in [0.25, 0.3) is 0 Å². The maximum absolute atomic E-state index is 12.6. The molecule has 1 heterocycles. The molecule has 31 heavy (non-hydrogen) atoms. The fraction of sp³-hybridized carbons (Fsp3) is 0.385. The highest BCUT2D eigenvalue weighted by molar-refractivity contribution is 5.84. The van der Waals surface area contributed by atoms with E-state index in [-0.39, 0.29) is 18.2 Å². The summed E-state index contributed by atoms with van der Waals surface area (Å²) in [7, 11) is 0. The number of rotatable bonds is 10. The number of unbranched alkanes of at least 4 members (excludes halogenated alkanes) is 2. The number of hydrogen-bond donors (Lipinski definition) is 0. The van der Waals surface area contributed by atoms with Crippen molar-refractivity contribution in [2.75, 3.05) is 18.0 Å². The second kappa shape index (κ2) is 10.8. The van der Waals surface area contributed by atoms with Crippen molar-refractivity contribution in [2.24, 2.45) is 0 Å². The standard InChI is InChI=1S/C26H31NO4/c1-4-7-8-9-25(28)30-18-19-10-12-20(13-11-19)23-16-21-14-15-22(27(5-2)6-3)17-24(21)31-26(23)29/h10-17H,4-9,18H2,1-3H3. The summed E-state index contributed by atoms with van der Waals surface area (Å²) in [4.78, 5) is 26.6. The lowest BCUT2D eigenvalue weighted by Crippen LogP contribution is -2.21. The van der Waals surface area contributed by atoms with Gasteiger partial charge in [0.05, 0.1) is 5.56 Å². The fourth-order valence-electron chi connectivity index (χ4n) is 3.62. The molecule has 0 N–H and O–H groups in total. The first-order valence-electron chi connectivity index (χ1n) is 11.1. The quantitative estimate of drug-likeness (QED) is 0.231. The van der Waals surface area contributed by atoms with Crippen LogP contribution in [0.1, 0.15) is 52.0 Å². The first-order valence-corrected chi connectivity index (χ1v) is 11.1. The van der Waals surface area contributed by atoms with Crippen LogP contribution in [0, 0.1) is 0 Å². The second-order valence-electron chi connectivity index (χ2n) is 7.66. The highest BCUT2D eigenvalue weighted by Gasteiger charge is 2.11. The highest BCUT2D eigenvalue weighted by atomic mass is 16.5. The molecule has 0 amide bonds. The molecule has 0 aliphatic heterocycles. The first kappa shape index (κ1) is 22.6. The number of hydrogen-bond acceptors (Lipinski definition) is 5. The van der Waals surface area contributed by atoms with Crippen LogP contribution in [0.15, 0.2) is 57.7 Å². The van der Waals surface area contributed by atoms with E-state index >= 15 is 0 Å². The van der Waals surface area contributed by atoms with E-state index in [1.807, 2.05) is 42.5 Å². The molecule has 0 bridgehead atoms. The van der Waals surface area contributed by atoms with Crippen molar-refractivity contribution in [3.8, 4) is 11.1 Å². The number of ether oxygens (including phenoxy) is 1. The molecule has 0 aliphatic carbocycles. The first-order chi connectivity index (χ1) is 15.0. The fourth-order valence-corrected chi connectivity index (χ4v) is 3.62. The number of benzene rings is 2. The van der Waals surface area contributed by atoms with Crippen LogP contribution in [0.4, 0.5) is 5.69 Å². The average Bonchev–Trinajstić information content (AvgIpc) is 2.78. The Morgan fingerprint density at radius 3 is 2.39 bits per heavy atom. The van der Waals surface area contributed by atoms with Gasteiger partial charge in [0.15, 0.2) is 0 Å². The maximum Gasteiger partial charge on any atom is 0.344 e. The normalized spacial score (nSPS) is 10.9.